The molecule has 124 valence electrons. The van der Waals surface area contributed by atoms with Crippen LogP contribution in [0.5, 0.6) is 0 Å². The minimum absolute atomic E-state index is 0.0666. The lowest BCUT2D eigenvalue weighted by molar-refractivity contribution is 1.07. The van der Waals surface area contributed by atoms with Crippen LogP contribution in [0, 0.1) is 18.3 Å². The second-order valence-electron chi connectivity index (χ2n) is 5.26. The van der Waals surface area contributed by atoms with Gasteiger partial charge < -0.3 is 16.4 Å². The SMILES string of the molecule is Cc1ccc(Nc2nc(N)nc(Nc3ccc(C#N)cc3)n2)c(Cl)c1. The lowest BCUT2D eigenvalue weighted by Crippen LogP contribution is -2.07. The first-order chi connectivity index (χ1) is 12.0. The summed E-state index contributed by atoms with van der Waals surface area (Å²) < 4.78 is 0. The fraction of sp³-hybridized carbons (Fsp3) is 0.0588. The number of hydrogen-bond donors (Lipinski definition) is 3. The van der Waals surface area contributed by atoms with E-state index in [9.17, 15) is 0 Å². The van der Waals surface area contributed by atoms with Crippen molar-refractivity contribution in [2.45, 2.75) is 6.92 Å². The summed E-state index contributed by atoms with van der Waals surface area (Å²) in [5, 5.41) is 15.4. The van der Waals surface area contributed by atoms with E-state index in [1.54, 1.807) is 24.3 Å². The van der Waals surface area contributed by atoms with Crippen molar-refractivity contribution in [2.75, 3.05) is 16.4 Å². The van der Waals surface area contributed by atoms with Gasteiger partial charge in [0.2, 0.25) is 17.8 Å². The Bertz CT molecular complexity index is 948. The molecule has 3 aromatic rings. The molecule has 3 rings (SSSR count). The van der Waals surface area contributed by atoms with E-state index in [4.69, 9.17) is 22.6 Å². The van der Waals surface area contributed by atoms with E-state index >= 15 is 0 Å². The van der Waals surface area contributed by atoms with Gasteiger partial charge in [0.25, 0.3) is 0 Å². The van der Waals surface area contributed by atoms with Gasteiger partial charge in [0.15, 0.2) is 0 Å². The monoisotopic (exact) mass is 351 g/mol. The van der Waals surface area contributed by atoms with Crippen molar-refractivity contribution in [3.05, 3.63) is 58.6 Å². The van der Waals surface area contributed by atoms with Gasteiger partial charge in [0.05, 0.1) is 22.3 Å². The second-order valence-corrected chi connectivity index (χ2v) is 5.67. The maximum Gasteiger partial charge on any atom is 0.233 e. The van der Waals surface area contributed by atoms with E-state index < -0.39 is 0 Å². The highest BCUT2D eigenvalue weighted by Crippen LogP contribution is 2.25. The number of nitrogens with one attached hydrogen (secondary N) is 2. The Kier molecular flexibility index (Phi) is 4.64. The maximum absolute atomic E-state index is 8.83. The molecular formula is C17H14ClN7. The number of rotatable bonds is 4. The van der Waals surface area contributed by atoms with Gasteiger partial charge in [-0.05, 0) is 48.9 Å². The van der Waals surface area contributed by atoms with Gasteiger partial charge in [-0.3, -0.25) is 0 Å². The Balaban J connectivity index is 1.83. The van der Waals surface area contributed by atoms with Gasteiger partial charge >= 0.3 is 0 Å². The third-order valence-electron chi connectivity index (χ3n) is 3.29. The summed E-state index contributed by atoms with van der Waals surface area (Å²) in [6.07, 6.45) is 0. The van der Waals surface area contributed by atoms with Crippen LogP contribution in [0.4, 0.5) is 29.2 Å². The van der Waals surface area contributed by atoms with Gasteiger partial charge in [-0.2, -0.15) is 20.2 Å². The molecule has 0 spiro atoms. The van der Waals surface area contributed by atoms with Crippen molar-refractivity contribution in [3.63, 3.8) is 0 Å². The van der Waals surface area contributed by atoms with Crippen LogP contribution in [0.2, 0.25) is 5.02 Å². The second kappa shape index (κ2) is 7.03. The summed E-state index contributed by atoms with van der Waals surface area (Å²) in [4.78, 5) is 12.4. The lowest BCUT2D eigenvalue weighted by atomic mass is 10.2. The molecule has 0 radical (unpaired) electrons. The van der Waals surface area contributed by atoms with E-state index in [0.29, 0.717) is 16.3 Å². The van der Waals surface area contributed by atoms with Crippen molar-refractivity contribution in [3.8, 4) is 6.07 Å². The fourth-order valence-corrected chi connectivity index (χ4v) is 2.39. The molecule has 0 fully saturated rings. The highest BCUT2D eigenvalue weighted by Gasteiger charge is 2.08. The first-order valence-corrected chi connectivity index (χ1v) is 7.73. The number of nitrogens with two attached hydrogens (primary N) is 1. The fourth-order valence-electron chi connectivity index (χ4n) is 2.10. The molecule has 0 aliphatic heterocycles. The number of nitrogens with zero attached hydrogens (tertiary/aromatic N) is 4. The Labute approximate surface area is 149 Å². The molecule has 0 saturated carbocycles. The topological polar surface area (TPSA) is 113 Å². The number of anilines is 5. The molecule has 0 saturated heterocycles. The third-order valence-corrected chi connectivity index (χ3v) is 3.61. The molecule has 8 heteroatoms. The highest BCUT2D eigenvalue weighted by atomic mass is 35.5. The number of aryl methyl sites for hydroxylation is 1. The average Bonchev–Trinajstić information content (AvgIpc) is 2.58. The molecular weight excluding hydrogens is 338 g/mol. The summed E-state index contributed by atoms with van der Waals surface area (Å²) in [5.41, 5.74) is 8.77. The Morgan fingerprint density at radius 3 is 2.32 bits per heavy atom. The van der Waals surface area contributed by atoms with Crippen molar-refractivity contribution in [2.24, 2.45) is 0 Å². The molecule has 0 atom stereocenters. The van der Waals surface area contributed by atoms with Crippen molar-refractivity contribution in [1.29, 1.82) is 5.26 Å². The smallest absolute Gasteiger partial charge is 0.233 e. The van der Waals surface area contributed by atoms with Crippen LogP contribution in [0.3, 0.4) is 0 Å². The summed E-state index contributed by atoms with van der Waals surface area (Å²) in [5.74, 6) is 0.620. The van der Waals surface area contributed by atoms with E-state index in [1.807, 2.05) is 25.1 Å². The van der Waals surface area contributed by atoms with Gasteiger partial charge in [0, 0.05) is 5.69 Å². The number of nitrogen functional groups attached to an aromatic ring is 1. The van der Waals surface area contributed by atoms with E-state index in [-0.39, 0.29) is 17.8 Å². The molecule has 0 unspecified atom stereocenters. The predicted molar refractivity (Wildman–Crippen MR) is 98.2 cm³/mol. The van der Waals surface area contributed by atoms with Crippen molar-refractivity contribution >= 4 is 40.8 Å². The first-order valence-electron chi connectivity index (χ1n) is 7.35. The molecule has 0 aliphatic carbocycles. The number of aromatic nitrogens is 3. The van der Waals surface area contributed by atoms with E-state index in [2.05, 4.69) is 31.7 Å². The van der Waals surface area contributed by atoms with E-state index in [0.717, 1.165) is 11.3 Å². The average molecular weight is 352 g/mol. The Morgan fingerprint density at radius 1 is 1.00 bits per heavy atom. The number of nitriles is 1. The molecule has 0 bridgehead atoms. The van der Waals surface area contributed by atoms with Gasteiger partial charge in [-0.1, -0.05) is 17.7 Å². The first kappa shape index (κ1) is 16.5. The number of hydrogen-bond acceptors (Lipinski definition) is 7. The molecule has 0 aliphatic rings. The zero-order valence-electron chi connectivity index (χ0n) is 13.3. The van der Waals surface area contributed by atoms with Gasteiger partial charge in [-0.15, -0.1) is 0 Å². The minimum atomic E-state index is 0.0666. The summed E-state index contributed by atoms with van der Waals surface area (Å²) in [6.45, 7) is 1.95. The zero-order chi connectivity index (χ0) is 17.8. The molecule has 25 heavy (non-hydrogen) atoms. The van der Waals surface area contributed by atoms with E-state index in [1.165, 1.54) is 0 Å². The van der Waals surface area contributed by atoms with Crippen LogP contribution in [-0.2, 0) is 0 Å². The van der Waals surface area contributed by atoms with Crippen molar-refractivity contribution in [1.82, 2.24) is 15.0 Å². The standard InChI is InChI=1S/C17H14ClN7/c1-10-2-7-14(13(18)8-10)22-17-24-15(20)23-16(25-17)21-12-5-3-11(9-19)4-6-12/h2-8H,1H3,(H4,20,21,22,23,24,25). The predicted octanol–water partition coefficient (Wildman–Crippen LogP) is 3.77. The summed E-state index contributed by atoms with van der Waals surface area (Å²) >= 11 is 6.21. The van der Waals surface area contributed by atoms with Crippen molar-refractivity contribution < 1.29 is 0 Å². The van der Waals surface area contributed by atoms with Crippen LogP contribution in [0.15, 0.2) is 42.5 Å². The van der Waals surface area contributed by atoms with Crippen LogP contribution in [-0.4, -0.2) is 15.0 Å². The number of halogens is 1. The molecule has 1 aromatic heterocycles. The quantitative estimate of drug-likeness (QED) is 0.655. The van der Waals surface area contributed by atoms with Gasteiger partial charge in [-0.25, -0.2) is 0 Å². The molecule has 0 amide bonds. The lowest BCUT2D eigenvalue weighted by Gasteiger charge is -2.10. The molecule has 7 nitrogen and oxygen atoms in total. The number of benzene rings is 2. The molecule has 4 N–H and O–H groups in total. The third kappa shape index (κ3) is 4.13. The van der Waals surface area contributed by atoms with Crippen LogP contribution < -0.4 is 16.4 Å². The Hall–Kier alpha value is -3.37. The largest absolute Gasteiger partial charge is 0.368 e. The highest BCUT2D eigenvalue weighted by molar-refractivity contribution is 6.33. The maximum atomic E-state index is 8.83. The normalized spacial score (nSPS) is 10.1. The minimum Gasteiger partial charge on any atom is -0.368 e. The van der Waals surface area contributed by atoms with Gasteiger partial charge in [0.1, 0.15) is 0 Å². The Morgan fingerprint density at radius 2 is 1.68 bits per heavy atom. The van der Waals surface area contributed by atoms with Crippen LogP contribution >= 0.6 is 11.6 Å². The molecule has 1 heterocycles. The van der Waals surface area contributed by atoms with Crippen LogP contribution in [0.1, 0.15) is 11.1 Å². The summed E-state index contributed by atoms with van der Waals surface area (Å²) in [6, 6.07) is 14.6. The molecule has 2 aromatic carbocycles. The zero-order valence-corrected chi connectivity index (χ0v) is 14.0. The summed E-state index contributed by atoms with van der Waals surface area (Å²) in [7, 11) is 0. The van der Waals surface area contributed by atoms with Crippen LogP contribution in [0.25, 0.3) is 0 Å².